The number of hydrogen-bond donors (Lipinski definition) is 1. The van der Waals surface area contributed by atoms with Crippen molar-refractivity contribution in [1.29, 1.82) is 0 Å². The number of amides is 1. The van der Waals surface area contributed by atoms with E-state index in [0.29, 0.717) is 6.54 Å². The van der Waals surface area contributed by atoms with Crippen LogP contribution in [0.5, 0.6) is 0 Å². The van der Waals surface area contributed by atoms with Gasteiger partial charge < -0.3 is 10.2 Å². The molecule has 4 nitrogen and oxygen atoms in total. The zero-order valence-electron chi connectivity index (χ0n) is 13.9. The topological polar surface area (TPSA) is 35.6 Å². The fourth-order valence-electron chi connectivity index (χ4n) is 3.10. The molecule has 0 aliphatic carbocycles. The molecule has 0 aromatic heterocycles. The lowest BCUT2D eigenvalue weighted by molar-refractivity contribution is -0.133. The van der Waals surface area contributed by atoms with Gasteiger partial charge in [0, 0.05) is 19.6 Å². The van der Waals surface area contributed by atoms with Gasteiger partial charge in [0.05, 0.1) is 6.54 Å². The van der Waals surface area contributed by atoms with Gasteiger partial charge in [-0.15, -0.1) is 0 Å². The van der Waals surface area contributed by atoms with Gasteiger partial charge in [0.15, 0.2) is 0 Å². The number of carbonyl (C=O) groups excluding carboxylic acids is 1. The van der Waals surface area contributed by atoms with Crippen molar-refractivity contribution in [1.82, 2.24) is 15.1 Å². The zero-order valence-corrected chi connectivity index (χ0v) is 13.9. The molecule has 4 heteroatoms. The van der Waals surface area contributed by atoms with Gasteiger partial charge in [-0.1, -0.05) is 30.3 Å². The molecule has 0 atom stereocenters. The molecule has 1 N–H and O–H groups in total. The molecule has 1 aromatic carbocycles. The number of likely N-dealkylation sites (N-methyl/N-ethyl adjacent to an activating group) is 1. The molecular formula is C18H29N3O. The number of carbonyl (C=O) groups is 1. The monoisotopic (exact) mass is 303 g/mol. The fraction of sp³-hybridized carbons (Fsp3) is 0.611. The molecule has 122 valence electrons. The number of nitrogens with one attached hydrogen (secondary N) is 1. The number of hydrogen-bond acceptors (Lipinski definition) is 3. The van der Waals surface area contributed by atoms with Crippen molar-refractivity contribution in [2.45, 2.75) is 25.8 Å². The molecule has 1 amide bonds. The second-order valence-corrected chi connectivity index (χ2v) is 6.37. The van der Waals surface area contributed by atoms with Crippen molar-refractivity contribution in [3.8, 4) is 0 Å². The van der Waals surface area contributed by atoms with Crippen LogP contribution in [0, 0.1) is 5.92 Å². The van der Waals surface area contributed by atoms with Crippen molar-refractivity contribution in [2.75, 3.05) is 40.3 Å². The fourth-order valence-corrected chi connectivity index (χ4v) is 3.10. The van der Waals surface area contributed by atoms with Crippen LogP contribution in [-0.2, 0) is 11.3 Å². The molecule has 0 bridgehead atoms. The summed E-state index contributed by atoms with van der Waals surface area (Å²) < 4.78 is 0. The predicted molar refractivity (Wildman–Crippen MR) is 90.6 cm³/mol. The Hall–Kier alpha value is -1.39. The van der Waals surface area contributed by atoms with E-state index >= 15 is 0 Å². The second-order valence-electron chi connectivity index (χ2n) is 6.37. The molecule has 22 heavy (non-hydrogen) atoms. The van der Waals surface area contributed by atoms with Crippen molar-refractivity contribution in [2.24, 2.45) is 5.92 Å². The minimum Gasteiger partial charge on any atom is -0.342 e. The van der Waals surface area contributed by atoms with Gasteiger partial charge in [0.25, 0.3) is 0 Å². The molecule has 0 saturated carbocycles. The molecule has 0 radical (unpaired) electrons. The summed E-state index contributed by atoms with van der Waals surface area (Å²) in [5.74, 6) is 1.05. The first-order chi connectivity index (χ1) is 10.7. The average molecular weight is 303 g/mol. The van der Waals surface area contributed by atoms with E-state index in [1.54, 1.807) is 0 Å². The Bertz CT molecular complexity index is 441. The van der Waals surface area contributed by atoms with Crippen LogP contribution >= 0.6 is 0 Å². The highest BCUT2D eigenvalue weighted by atomic mass is 16.2. The Morgan fingerprint density at radius 3 is 2.59 bits per heavy atom. The first kappa shape index (κ1) is 17.0. The maximum atomic E-state index is 12.4. The Balaban J connectivity index is 1.71. The molecule has 1 aliphatic heterocycles. The minimum absolute atomic E-state index is 0.269. The highest BCUT2D eigenvalue weighted by Crippen LogP contribution is 2.20. The molecule has 1 heterocycles. The summed E-state index contributed by atoms with van der Waals surface area (Å²) in [5, 5.41) is 3.21. The summed E-state index contributed by atoms with van der Waals surface area (Å²) >= 11 is 0. The molecule has 0 unspecified atom stereocenters. The highest BCUT2D eigenvalue weighted by molar-refractivity contribution is 5.78. The van der Waals surface area contributed by atoms with Crippen molar-refractivity contribution >= 4 is 5.91 Å². The first-order valence-electron chi connectivity index (χ1n) is 8.34. The lowest BCUT2D eigenvalue weighted by atomic mass is 9.93. The maximum Gasteiger partial charge on any atom is 0.236 e. The van der Waals surface area contributed by atoms with Crippen molar-refractivity contribution in [3.05, 3.63) is 35.9 Å². The summed E-state index contributed by atoms with van der Waals surface area (Å²) in [7, 11) is 4.02. The summed E-state index contributed by atoms with van der Waals surface area (Å²) in [6.45, 7) is 4.26. The normalized spacial score (nSPS) is 16.2. The van der Waals surface area contributed by atoms with Crippen molar-refractivity contribution in [3.63, 3.8) is 0 Å². The molecular weight excluding hydrogens is 274 g/mol. The SMILES string of the molecule is CNCCC1CCN(C(=O)CN(C)Cc2ccccc2)CC1. The molecule has 1 saturated heterocycles. The average Bonchev–Trinajstić information content (AvgIpc) is 2.54. The summed E-state index contributed by atoms with van der Waals surface area (Å²) in [4.78, 5) is 16.5. The van der Waals surface area contributed by atoms with Gasteiger partial charge in [0.1, 0.15) is 0 Å². The number of benzene rings is 1. The third-order valence-electron chi connectivity index (χ3n) is 4.47. The van der Waals surface area contributed by atoms with Crippen LogP contribution in [-0.4, -0.2) is 56.0 Å². The molecule has 1 fully saturated rings. The van der Waals surface area contributed by atoms with E-state index in [1.807, 2.05) is 37.2 Å². The van der Waals surface area contributed by atoms with Crippen LogP contribution in [0.3, 0.4) is 0 Å². The maximum absolute atomic E-state index is 12.4. The van der Waals surface area contributed by atoms with Crippen molar-refractivity contribution < 1.29 is 4.79 Å². The summed E-state index contributed by atoms with van der Waals surface area (Å²) in [5.41, 5.74) is 1.25. The molecule has 0 spiro atoms. The zero-order chi connectivity index (χ0) is 15.8. The molecule has 2 rings (SSSR count). The van der Waals surface area contributed by atoms with E-state index in [0.717, 1.165) is 44.9 Å². The Kier molecular flexibility index (Phi) is 6.87. The summed E-state index contributed by atoms with van der Waals surface area (Å²) in [6, 6.07) is 10.3. The Labute approximate surface area is 134 Å². The third-order valence-corrected chi connectivity index (χ3v) is 4.47. The van der Waals surface area contributed by atoms with Crippen LogP contribution in [0.1, 0.15) is 24.8 Å². The van der Waals surface area contributed by atoms with Crippen LogP contribution in [0.4, 0.5) is 0 Å². The van der Waals surface area contributed by atoms with E-state index in [2.05, 4.69) is 22.3 Å². The standard InChI is InChI=1S/C18H29N3O/c1-19-11-8-16-9-12-21(13-10-16)18(22)15-20(2)14-17-6-4-3-5-7-17/h3-7,16,19H,8-15H2,1-2H3. The molecule has 1 aliphatic rings. The number of rotatable bonds is 7. The van der Waals surface area contributed by atoms with Crippen LogP contribution in [0.25, 0.3) is 0 Å². The van der Waals surface area contributed by atoms with Gasteiger partial charge in [-0.05, 0) is 51.4 Å². The number of likely N-dealkylation sites (tertiary alicyclic amines) is 1. The van der Waals surface area contributed by atoms with Crippen LogP contribution < -0.4 is 5.32 Å². The third kappa shape index (κ3) is 5.43. The summed E-state index contributed by atoms with van der Waals surface area (Å²) in [6.07, 6.45) is 3.53. The van der Waals surface area contributed by atoms with E-state index in [4.69, 9.17) is 0 Å². The van der Waals surface area contributed by atoms with Gasteiger partial charge in [-0.3, -0.25) is 9.69 Å². The Morgan fingerprint density at radius 2 is 1.95 bits per heavy atom. The van der Waals surface area contributed by atoms with Crippen LogP contribution in [0.2, 0.25) is 0 Å². The number of nitrogens with zero attached hydrogens (tertiary/aromatic N) is 2. The van der Waals surface area contributed by atoms with E-state index in [1.165, 1.54) is 12.0 Å². The van der Waals surface area contributed by atoms with Gasteiger partial charge in [-0.25, -0.2) is 0 Å². The van der Waals surface area contributed by atoms with E-state index in [9.17, 15) is 4.79 Å². The minimum atomic E-state index is 0.269. The van der Waals surface area contributed by atoms with E-state index in [-0.39, 0.29) is 5.91 Å². The first-order valence-corrected chi connectivity index (χ1v) is 8.34. The number of piperidine rings is 1. The van der Waals surface area contributed by atoms with Crippen LogP contribution in [0.15, 0.2) is 30.3 Å². The van der Waals surface area contributed by atoms with Gasteiger partial charge in [-0.2, -0.15) is 0 Å². The second kappa shape index (κ2) is 8.91. The lowest BCUT2D eigenvalue weighted by Crippen LogP contribution is -2.43. The lowest BCUT2D eigenvalue weighted by Gasteiger charge is -2.33. The predicted octanol–water partition coefficient (Wildman–Crippen LogP) is 1.97. The van der Waals surface area contributed by atoms with Gasteiger partial charge in [0.2, 0.25) is 5.91 Å². The largest absolute Gasteiger partial charge is 0.342 e. The smallest absolute Gasteiger partial charge is 0.236 e. The quantitative estimate of drug-likeness (QED) is 0.836. The molecule has 1 aromatic rings. The van der Waals surface area contributed by atoms with E-state index < -0.39 is 0 Å². The van der Waals surface area contributed by atoms with Gasteiger partial charge >= 0.3 is 0 Å². The highest BCUT2D eigenvalue weighted by Gasteiger charge is 2.22. The Morgan fingerprint density at radius 1 is 1.27 bits per heavy atom.